The summed E-state index contributed by atoms with van der Waals surface area (Å²) in [6, 6.07) is 12.5. The third-order valence-electron chi connectivity index (χ3n) is 4.71. The Morgan fingerprint density at radius 2 is 1.90 bits per heavy atom. The Morgan fingerprint density at radius 1 is 1.17 bits per heavy atom. The van der Waals surface area contributed by atoms with Crippen LogP contribution in [0.3, 0.4) is 0 Å². The van der Waals surface area contributed by atoms with Crippen LogP contribution in [0.25, 0.3) is 0 Å². The molecule has 2 N–H and O–H groups in total. The molecule has 0 saturated heterocycles. The van der Waals surface area contributed by atoms with Gasteiger partial charge in [-0.15, -0.1) is 11.8 Å². The summed E-state index contributed by atoms with van der Waals surface area (Å²) in [5.41, 5.74) is 2.60. The Kier molecular flexibility index (Phi) is 6.64. The summed E-state index contributed by atoms with van der Waals surface area (Å²) in [6.45, 7) is 4.28. The van der Waals surface area contributed by atoms with Crippen LogP contribution in [-0.2, 0) is 26.0 Å². The van der Waals surface area contributed by atoms with Crippen LogP contribution >= 0.6 is 11.8 Å². The molecule has 0 fully saturated rings. The average Bonchev–Trinajstić information content (AvgIpc) is 2.71. The largest absolute Gasteiger partial charge is 0.352 e. The Hall–Kier alpha value is -2.32. The Morgan fingerprint density at radius 3 is 2.59 bits per heavy atom. The zero-order valence-corrected chi connectivity index (χ0v) is 18.0. The lowest BCUT2D eigenvalue weighted by Crippen LogP contribution is -2.28. The predicted molar refractivity (Wildman–Crippen MR) is 115 cm³/mol. The van der Waals surface area contributed by atoms with E-state index in [2.05, 4.69) is 10.6 Å². The molecule has 0 aliphatic carbocycles. The van der Waals surface area contributed by atoms with Gasteiger partial charge in [0.25, 0.3) is 0 Å². The number of anilines is 1. The molecule has 0 spiro atoms. The molecule has 2 amide bonds. The third kappa shape index (κ3) is 5.39. The molecule has 1 aliphatic rings. The number of hydrogen-bond donors (Lipinski definition) is 2. The summed E-state index contributed by atoms with van der Waals surface area (Å²) in [7, 11) is -3.64. The molecule has 154 valence electrons. The van der Waals surface area contributed by atoms with Gasteiger partial charge in [0.15, 0.2) is 9.84 Å². The second-order valence-electron chi connectivity index (χ2n) is 6.99. The molecular weight excluding hydrogens is 408 g/mol. The summed E-state index contributed by atoms with van der Waals surface area (Å²) in [5.74, 6) is -0.721. The summed E-state index contributed by atoms with van der Waals surface area (Å²) in [4.78, 5) is 25.1. The van der Waals surface area contributed by atoms with Gasteiger partial charge in [0, 0.05) is 17.9 Å². The smallest absolute Gasteiger partial charge is 0.237 e. The van der Waals surface area contributed by atoms with Crippen LogP contribution < -0.4 is 10.6 Å². The lowest BCUT2D eigenvalue weighted by atomic mass is 10.1. The fourth-order valence-electron chi connectivity index (χ4n) is 2.93. The van der Waals surface area contributed by atoms with Gasteiger partial charge in [0.05, 0.1) is 21.6 Å². The minimum Gasteiger partial charge on any atom is -0.352 e. The van der Waals surface area contributed by atoms with Gasteiger partial charge in [0.1, 0.15) is 0 Å². The highest BCUT2D eigenvalue weighted by molar-refractivity contribution is 8.01. The van der Waals surface area contributed by atoms with Crippen molar-refractivity contribution < 1.29 is 18.0 Å². The quantitative estimate of drug-likeness (QED) is 0.700. The molecule has 3 rings (SSSR count). The van der Waals surface area contributed by atoms with E-state index in [0.717, 1.165) is 16.0 Å². The van der Waals surface area contributed by atoms with Crippen LogP contribution in [-0.4, -0.2) is 31.2 Å². The van der Waals surface area contributed by atoms with Gasteiger partial charge in [-0.05, 0) is 37.1 Å². The molecule has 1 aliphatic heterocycles. The first-order valence-electron chi connectivity index (χ1n) is 9.45. The second kappa shape index (κ2) is 9.00. The standard InChI is InChI=1S/C21H24N2O4S2/c1-3-18-21(25)23-17-12-16(8-9-19(17)28-18)29(26,27)11-10-20(24)22-13-15-6-4-14(2)5-7-15/h4-9,12,18H,3,10-11,13H2,1-2H3,(H,22,24)(H,23,25). The highest BCUT2D eigenvalue weighted by atomic mass is 32.2. The second-order valence-corrected chi connectivity index (χ2v) is 10.3. The molecule has 1 heterocycles. The number of sulfone groups is 1. The average molecular weight is 433 g/mol. The van der Waals surface area contributed by atoms with E-state index in [1.165, 1.54) is 23.9 Å². The van der Waals surface area contributed by atoms with Crippen molar-refractivity contribution >= 4 is 39.1 Å². The highest BCUT2D eigenvalue weighted by Crippen LogP contribution is 2.38. The molecule has 6 nitrogen and oxygen atoms in total. The third-order valence-corrected chi connectivity index (χ3v) is 7.86. The van der Waals surface area contributed by atoms with Crippen molar-refractivity contribution in [3.63, 3.8) is 0 Å². The summed E-state index contributed by atoms with van der Waals surface area (Å²) in [6.07, 6.45) is 0.581. The zero-order chi connectivity index (χ0) is 21.0. The SMILES string of the molecule is CCC1Sc2ccc(S(=O)(=O)CCC(=O)NCc3ccc(C)cc3)cc2NC1=O. The van der Waals surface area contributed by atoms with E-state index in [-0.39, 0.29) is 34.1 Å². The van der Waals surface area contributed by atoms with Gasteiger partial charge in [-0.1, -0.05) is 36.8 Å². The van der Waals surface area contributed by atoms with Crippen molar-refractivity contribution in [2.24, 2.45) is 0 Å². The van der Waals surface area contributed by atoms with Gasteiger partial charge < -0.3 is 10.6 Å². The van der Waals surface area contributed by atoms with Crippen molar-refractivity contribution in [1.82, 2.24) is 5.32 Å². The number of aryl methyl sites for hydroxylation is 1. The molecule has 0 saturated carbocycles. The predicted octanol–water partition coefficient (Wildman–Crippen LogP) is 3.30. The number of amides is 2. The van der Waals surface area contributed by atoms with Crippen molar-refractivity contribution in [3.05, 3.63) is 53.6 Å². The normalized spacial score (nSPS) is 16.1. The molecule has 0 aromatic heterocycles. The fraction of sp³-hybridized carbons (Fsp3) is 0.333. The van der Waals surface area contributed by atoms with Crippen LogP contribution in [0.4, 0.5) is 5.69 Å². The van der Waals surface area contributed by atoms with E-state index >= 15 is 0 Å². The minimum atomic E-state index is -3.64. The lowest BCUT2D eigenvalue weighted by molar-refractivity contribution is -0.121. The van der Waals surface area contributed by atoms with Crippen molar-refractivity contribution in [1.29, 1.82) is 0 Å². The fourth-order valence-corrected chi connectivity index (χ4v) is 5.22. The number of rotatable bonds is 7. The maximum absolute atomic E-state index is 12.6. The van der Waals surface area contributed by atoms with E-state index in [1.54, 1.807) is 6.07 Å². The molecular formula is C21H24N2O4S2. The maximum atomic E-state index is 12.6. The van der Waals surface area contributed by atoms with E-state index in [0.29, 0.717) is 18.7 Å². The summed E-state index contributed by atoms with van der Waals surface area (Å²) in [5, 5.41) is 5.36. The van der Waals surface area contributed by atoms with Gasteiger partial charge in [-0.25, -0.2) is 8.42 Å². The first kappa shape index (κ1) is 21.4. The van der Waals surface area contributed by atoms with E-state index in [9.17, 15) is 18.0 Å². The van der Waals surface area contributed by atoms with Gasteiger partial charge in [-0.3, -0.25) is 9.59 Å². The van der Waals surface area contributed by atoms with Crippen LogP contribution in [0.15, 0.2) is 52.3 Å². The molecule has 2 aromatic carbocycles. The zero-order valence-electron chi connectivity index (χ0n) is 16.4. The Balaban J connectivity index is 1.59. The number of carbonyl (C=O) groups excluding carboxylic acids is 2. The van der Waals surface area contributed by atoms with Crippen LogP contribution in [0.2, 0.25) is 0 Å². The minimum absolute atomic E-state index is 0.110. The summed E-state index contributed by atoms with van der Waals surface area (Å²) >= 11 is 1.44. The van der Waals surface area contributed by atoms with Crippen molar-refractivity contribution in [2.45, 2.75) is 48.3 Å². The summed E-state index contributed by atoms with van der Waals surface area (Å²) < 4.78 is 25.3. The topological polar surface area (TPSA) is 92.3 Å². The number of hydrogen-bond acceptors (Lipinski definition) is 5. The first-order valence-corrected chi connectivity index (χ1v) is 12.0. The highest BCUT2D eigenvalue weighted by Gasteiger charge is 2.27. The van der Waals surface area contributed by atoms with Crippen LogP contribution in [0, 0.1) is 6.92 Å². The van der Waals surface area contributed by atoms with E-state index in [4.69, 9.17) is 0 Å². The van der Waals surface area contributed by atoms with E-state index in [1.807, 2.05) is 38.1 Å². The van der Waals surface area contributed by atoms with Crippen LogP contribution in [0.5, 0.6) is 0 Å². The Labute approximate surface area is 175 Å². The molecule has 2 aromatic rings. The Bertz CT molecular complexity index is 1020. The maximum Gasteiger partial charge on any atom is 0.237 e. The van der Waals surface area contributed by atoms with E-state index < -0.39 is 9.84 Å². The van der Waals surface area contributed by atoms with Crippen molar-refractivity contribution in [3.8, 4) is 0 Å². The van der Waals surface area contributed by atoms with Gasteiger partial charge in [0.2, 0.25) is 11.8 Å². The molecule has 29 heavy (non-hydrogen) atoms. The molecule has 0 bridgehead atoms. The molecule has 1 atom stereocenters. The van der Waals surface area contributed by atoms with Gasteiger partial charge >= 0.3 is 0 Å². The lowest BCUT2D eigenvalue weighted by Gasteiger charge is -2.23. The number of fused-ring (bicyclic) bond motifs is 1. The van der Waals surface area contributed by atoms with Gasteiger partial charge in [-0.2, -0.15) is 0 Å². The number of thioether (sulfide) groups is 1. The first-order chi connectivity index (χ1) is 13.8. The number of carbonyl (C=O) groups is 2. The number of nitrogens with one attached hydrogen (secondary N) is 2. The number of benzene rings is 2. The monoisotopic (exact) mass is 432 g/mol. The molecule has 8 heteroatoms. The van der Waals surface area contributed by atoms with Crippen LogP contribution in [0.1, 0.15) is 30.9 Å². The molecule has 1 unspecified atom stereocenters. The molecule has 0 radical (unpaired) electrons. The van der Waals surface area contributed by atoms with Crippen molar-refractivity contribution in [2.75, 3.05) is 11.1 Å².